The van der Waals surface area contributed by atoms with E-state index in [4.69, 9.17) is 0 Å². The lowest BCUT2D eigenvalue weighted by molar-refractivity contribution is -0.107. The standard InChI is InChI=1S/C8H9NOS/c10-6-9(7-3-4-7)8-2-1-5-11-8/h1-2,5-7H,3-4H2. The van der Waals surface area contributed by atoms with Crippen LogP contribution in [-0.4, -0.2) is 12.5 Å². The molecular formula is C8H9NOS. The van der Waals surface area contributed by atoms with Crippen molar-refractivity contribution in [3.05, 3.63) is 17.5 Å². The van der Waals surface area contributed by atoms with Crippen molar-refractivity contribution < 1.29 is 4.79 Å². The molecule has 0 aromatic carbocycles. The normalized spacial score (nSPS) is 16.4. The van der Waals surface area contributed by atoms with Crippen molar-refractivity contribution in [2.45, 2.75) is 18.9 Å². The lowest BCUT2D eigenvalue weighted by Crippen LogP contribution is -2.21. The highest BCUT2D eigenvalue weighted by Crippen LogP contribution is 2.32. The lowest BCUT2D eigenvalue weighted by Gasteiger charge is -2.12. The molecule has 2 rings (SSSR count). The van der Waals surface area contributed by atoms with Gasteiger partial charge in [-0.15, -0.1) is 11.3 Å². The van der Waals surface area contributed by atoms with Crippen LogP contribution in [0.1, 0.15) is 12.8 Å². The van der Waals surface area contributed by atoms with Crippen LogP contribution in [0.4, 0.5) is 5.00 Å². The van der Waals surface area contributed by atoms with Gasteiger partial charge in [0, 0.05) is 6.04 Å². The fraction of sp³-hybridized carbons (Fsp3) is 0.375. The topological polar surface area (TPSA) is 20.3 Å². The van der Waals surface area contributed by atoms with Crippen LogP contribution in [0.5, 0.6) is 0 Å². The third-order valence-corrected chi connectivity index (χ3v) is 2.70. The van der Waals surface area contributed by atoms with E-state index in [1.807, 2.05) is 22.4 Å². The van der Waals surface area contributed by atoms with Crippen LogP contribution < -0.4 is 4.90 Å². The molecule has 0 unspecified atom stereocenters. The first kappa shape index (κ1) is 6.85. The highest BCUT2D eigenvalue weighted by molar-refractivity contribution is 7.14. The zero-order valence-electron chi connectivity index (χ0n) is 6.06. The average molecular weight is 167 g/mol. The number of hydrogen-bond acceptors (Lipinski definition) is 2. The zero-order chi connectivity index (χ0) is 7.68. The molecule has 2 nitrogen and oxygen atoms in total. The Balaban J connectivity index is 2.17. The summed E-state index contributed by atoms with van der Waals surface area (Å²) >= 11 is 1.62. The molecule has 58 valence electrons. The molecule has 0 atom stereocenters. The summed E-state index contributed by atoms with van der Waals surface area (Å²) < 4.78 is 0. The Morgan fingerprint density at radius 2 is 2.45 bits per heavy atom. The van der Waals surface area contributed by atoms with Gasteiger partial charge in [0.2, 0.25) is 6.41 Å². The van der Waals surface area contributed by atoms with Crippen molar-refractivity contribution in [1.29, 1.82) is 0 Å². The van der Waals surface area contributed by atoms with E-state index in [0.717, 1.165) is 24.3 Å². The van der Waals surface area contributed by atoms with Crippen LogP contribution >= 0.6 is 11.3 Å². The number of hydrogen-bond donors (Lipinski definition) is 0. The first-order chi connectivity index (χ1) is 5.42. The summed E-state index contributed by atoms with van der Waals surface area (Å²) in [5.74, 6) is 0. The minimum atomic E-state index is 0.492. The van der Waals surface area contributed by atoms with Crippen LogP contribution in [0, 0.1) is 0 Å². The quantitative estimate of drug-likeness (QED) is 0.629. The Labute approximate surface area is 69.4 Å². The van der Waals surface area contributed by atoms with Crippen molar-refractivity contribution in [2.24, 2.45) is 0 Å². The lowest BCUT2D eigenvalue weighted by atomic mass is 10.5. The van der Waals surface area contributed by atoms with Gasteiger partial charge in [-0.05, 0) is 30.4 Å². The fourth-order valence-corrected chi connectivity index (χ4v) is 1.85. The molecule has 3 heteroatoms. The molecule has 11 heavy (non-hydrogen) atoms. The van der Waals surface area contributed by atoms with Gasteiger partial charge in [0.15, 0.2) is 0 Å². The van der Waals surface area contributed by atoms with Crippen LogP contribution in [0.3, 0.4) is 0 Å². The Morgan fingerprint density at radius 3 is 2.91 bits per heavy atom. The second kappa shape index (κ2) is 2.66. The Morgan fingerprint density at radius 1 is 1.64 bits per heavy atom. The molecule has 1 fully saturated rings. The molecule has 1 saturated carbocycles. The smallest absolute Gasteiger partial charge is 0.215 e. The third-order valence-electron chi connectivity index (χ3n) is 1.81. The van der Waals surface area contributed by atoms with Gasteiger partial charge in [0.25, 0.3) is 0 Å². The monoisotopic (exact) mass is 167 g/mol. The average Bonchev–Trinajstić information content (AvgIpc) is 2.68. The van der Waals surface area contributed by atoms with Gasteiger partial charge in [-0.2, -0.15) is 0 Å². The van der Waals surface area contributed by atoms with Gasteiger partial charge in [0.05, 0.1) is 5.00 Å². The van der Waals surface area contributed by atoms with Crippen LogP contribution in [-0.2, 0) is 4.79 Å². The number of rotatable bonds is 3. The largest absolute Gasteiger partial charge is 0.303 e. The van der Waals surface area contributed by atoms with Crippen LogP contribution in [0.2, 0.25) is 0 Å². The van der Waals surface area contributed by atoms with Gasteiger partial charge in [0.1, 0.15) is 0 Å². The maximum absolute atomic E-state index is 10.6. The number of anilines is 1. The van der Waals surface area contributed by atoms with E-state index in [1.165, 1.54) is 0 Å². The Kier molecular flexibility index (Phi) is 1.66. The van der Waals surface area contributed by atoms with Crippen LogP contribution in [0.15, 0.2) is 17.5 Å². The fourth-order valence-electron chi connectivity index (χ4n) is 1.09. The molecule has 0 bridgehead atoms. The van der Waals surface area contributed by atoms with Gasteiger partial charge < -0.3 is 4.90 Å². The first-order valence-electron chi connectivity index (χ1n) is 3.69. The maximum atomic E-state index is 10.6. The molecule has 0 spiro atoms. The van der Waals surface area contributed by atoms with Crippen molar-refractivity contribution in [3.63, 3.8) is 0 Å². The van der Waals surface area contributed by atoms with Crippen molar-refractivity contribution in [1.82, 2.24) is 0 Å². The Bertz CT molecular complexity index is 241. The molecular weight excluding hydrogens is 158 g/mol. The van der Waals surface area contributed by atoms with Crippen molar-refractivity contribution >= 4 is 22.7 Å². The van der Waals surface area contributed by atoms with Gasteiger partial charge in [-0.3, -0.25) is 4.79 Å². The van der Waals surface area contributed by atoms with Gasteiger partial charge >= 0.3 is 0 Å². The summed E-state index contributed by atoms with van der Waals surface area (Å²) in [6, 6.07) is 4.45. The van der Waals surface area contributed by atoms with E-state index < -0.39 is 0 Å². The summed E-state index contributed by atoms with van der Waals surface area (Å²) in [5.41, 5.74) is 0. The molecule has 1 heterocycles. The SMILES string of the molecule is O=CN(c1cccs1)C1CC1. The van der Waals surface area contributed by atoms with Gasteiger partial charge in [-0.25, -0.2) is 0 Å². The molecule has 0 N–H and O–H groups in total. The van der Waals surface area contributed by atoms with E-state index in [2.05, 4.69) is 0 Å². The zero-order valence-corrected chi connectivity index (χ0v) is 6.88. The minimum Gasteiger partial charge on any atom is -0.303 e. The maximum Gasteiger partial charge on any atom is 0.215 e. The highest BCUT2D eigenvalue weighted by atomic mass is 32.1. The predicted octanol–water partition coefficient (Wildman–Crippen LogP) is 1.87. The number of nitrogens with zero attached hydrogens (tertiary/aromatic N) is 1. The summed E-state index contributed by atoms with van der Waals surface area (Å²) in [5, 5.41) is 3.07. The third kappa shape index (κ3) is 1.28. The number of thiophene rings is 1. The van der Waals surface area contributed by atoms with Crippen LogP contribution in [0.25, 0.3) is 0 Å². The van der Waals surface area contributed by atoms with Crippen molar-refractivity contribution in [2.75, 3.05) is 4.90 Å². The predicted molar refractivity (Wildman–Crippen MR) is 45.9 cm³/mol. The minimum absolute atomic E-state index is 0.492. The molecule has 0 saturated heterocycles. The van der Waals surface area contributed by atoms with E-state index in [0.29, 0.717) is 6.04 Å². The molecule has 0 radical (unpaired) electrons. The summed E-state index contributed by atoms with van der Waals surface area (Å²) in [7, 11) is 0. The van der Waals surface area contributed by atoms with E-state index in [9.17, 15) is 4.79 Å². The van der Waals surface area contributed by atoms with E-state index >= 15 is 0 Å². The summed E-state index contributed by atoms with van der Waals surface area (Å²) in [4.78, 5) is 12.4. The second-order valence-electron chi connectivity index (χ2n) is 2.70. The first-order valence-corrected chi connectivity index (χ1v) is 4.57. The van der Waals surface area contributed by atoms with E-state index in [-0.39, 0.29) is 0 Å². The number of carbonyl (C=O) groups is 1. The number of amides is 1. The molecule has 1 aliphatic carbocycles. The number of carbonyl (C=O) groups excluding carboxylic acids is 1. The molecule has 1 aromatic rings. The van der Waals surface area contributed by atoms with Gasteiger partial charge in [-0.1, -0.05) is 0 Å². The summed E-state index contributed by atoms with van der Waals surface area (Å²) in [6.07, 6.45) is 3.26. The molecule has 1 aliphatic rings. The summed E-state index contributed by atoms with van der Waals surface area (Å²) in [6.45, 7) is 0. The second-order valence-corrected chi connectivity index (χ2v) is 3.62. The molecule has 0 aliphatic heterocycles. The highest BCUT2D eigenvalue weighted by Gasteiger charge is 2.29. The molecule has 1 aromatic heterocycles. The van der Waals surface area contributed by atoms with E-state index in [1.54, 1.807) is 11.3 Å². The van der Waals surface area contributed by atoms with Crippen molar-refractivity contribution in [3.8, 4) is 0 Å². The molecule has 1 amide bonds. The Hall–Kier alpha value is -0.830.